The summed E-state index contributed by atoms with van der Waals surface area (Å²) in [5.74, 6) is -0.532. The summed E-state index contributed by atoms with van der Waals surface area (Å²) in [4.78, 5) is 34.5. The molecule has 1 aromatic heterocycles. The van der Waals surface area contributed by atoms with Crippen molar-refractivity contribution in [3.05, 3.63) is 56.8 Å². The molecule has 126 valence electrons. The molecule has 0 aliphatic rings. The van der Waals surface area contributed by atoms with E-state index in [2.05, 4.69) is 16.0 Å². The number of nitrogens with zero attached hydrogens (tertiary/aromatic N) is 1. The van der Waals surface area contributed by atoms with Crippen LogP contribution in [0.3, 0.4) is 0 Å². The molecule has 3 amide bonds. The molecule has 24 heavy (non-hydrogen) atoms. The van der Waals surface area contributed by atoms with Crippen LogP contribution in [-0.4, -0.2) is 30.0 Å². The lowest BCUT2D eigenvalue weighted by atomic mass is 10.3. The summed E-state index contributed by atoms with van der Waals surface area (Å²) in [5, 5.41) is 20.1. The Morgan fingerprint density at radius 3 is 2.75 bits per heavy atom. The highest BCUT2D eigenvalue weighted by Gasteiger charge is 2.09. The van der Waals surface area contributed by atoms with E-state index in [1.807, 2.05) is 17.5 Å². The number of carbonyl (C=O) groups excluding carboxylic acids is 2. The van der Waals surface area contributed by atoms with Crippen LogP contribution in [0.15, 0.2) is 41.8 Å². The Balaban J connectivity index is 1.69. The molecule has 0 aliphatic heterocycles. The Morgan fingerprint density at radius 1 is 1.21 bits per heavy atom. The molecular weight excluding hydrogens is 332 g/mol. The van der Waals surface area contributed by atoms with E-state index in [1.54, 1.807) is 17.4 Å². The molecule has 3 N–H and O–H groups in total. The molecule has 1 heterocycles. The standard InChI is InChI=1S/C15H16N4O4S/c20-14(10-17-11-3-1-4-12(9-11)19(22)23)18-15(21)16-7-6-13-5-2-8-24-13/h1-5,8-9,17H,6-7,10H2,(H2,16,18,20,21). The molecule has 0 aliphatic carbocycles. The van der Waals surface area contributed by atoms with Crippen LogP contribution in [-0.2, 0) is 11.2 Å². The first kappa shape index (κ1) is 17.4. The number of carbonyl (C=O) groups is 2. The fourth-order valence-electron chi connectivity index (χ4n) is 1.88. The number of rotatable bonds is 7. The van der Waals surface area contributed by atoms with Gasteiger partial charge in [-0.15, -0.1) is 11.3 Å². The highest BCUT2D eigenvalue weighted by Crippen LogP contribution is 2.16. The molecule has 2 rings (SSSR count). The Hall–Kier alpha value is -2.94. The molecule has 0 radical (unpaired) electrons. The highest BCUT2D eigenvalue weighted by atomic mass is 32.1. The van der Waals surface area contributed by atoms with Crippen LogP contribution in [0.1, 0.15) is 4.88 Å². The SMILES string of the molecule is O=C(CNc1cccc([N+](=O)[O-])c1)NC(=O)NCCc1cccs1. The number of nitro groups is 1. The molecular formula is C15H16N4O4S. The van der Waals surface area contributed by atoms with Gasteiger partial charge in [0.05, 0.1) is 11.5 Å². The average molecular weight is 348 g/mol. The van der Waals surface area contributed by atoms with Gasteiger partial charge in [-0.05, 0) is 23.9 Å². The van der Waals surface area contributed by atoms with Crippen LogP contribution in [0.25, 0.3) is 0 Å². The summed E-state index contributed by atoms with van der Waals surface area (Å²) < 4.78 is 0. The van der Waals surface area contributed by atoms with Crippen molar-refractivity contribution >= 4 is 34.6 Å². The maximum Gasteiger partial charge on any atom is 0.321 e. The zero-order valence-corrected chi connectivity index (χ0v) is 13.5. The average Bonchev–Trinajstić information content (AvgIpc) is 3.06. The number of hydrogen-bond acceptors (Lipinski definition) is 6. The molecule has 0 atom stereocenters. The number of thiophene rings is 1. The number of imide groups is 1. The van der Waals surface area contributed by atoms with Crippen LogP contribution >= 0.6 is 11.3 Å². The van der Waals surface area contributed by atoms with Gasteiger partial charge in [0.1, 0.15) is 0 Å². The predicted molar refractivity (Wildman–Crippen MR) is 91.2 cm³/mol. The zero-order valence-electron chi connectivity index (χ0n) is 12.7. The van der Waals surface area contributed by atoms with E-state index >= 15 is 0 Å². The van der Waals surface area contributed by atoms with E-state index in [1.165, 1.54) is 18.2 Å². The normalized spacial score (nSPS) is 10.0. The number of amides is 3. The molecule has 0 bridgehead atoms. The molecule has 0 saturated carbocycles. The fraction of sp³-hybridized carbons (Fsp3) is 0.200. The lowest BCUT2D eigenvalue weighted by molar-refractivity contribution is -0.384. The molecule has 0 fully saturated rings. The lowest BCUT2D eigenvalue weighted by Crippen LogP contribution is -2.42. The van der Waals surface area contributed by atoms with E-state index in [0.717, 1.165) is 4.88 Å². The maximum atomic E-state index is 11.7. The summed E-state index contributed by atoms with van der Waals surface area (Å²) in [6.45, 7) is 0.261. The topological polar surface area (TPSA) is 113 Å². The van der Waals surface area contributed by atoms with Gasteiger partial charge < -0.3 is 10.6 Å². The van der Waals surface area contributed by atoms with Gasteiger partial charge in [0, 0.05) is 29.2 Å². The number of hydrogen-bond donors (Lipinski definition) is 3. The van der Waals surface area contributed by atoms with Crippen LogP contribution < -0.4 is 16.0 Å². The van der Waals surface area contributed by atoms with E-state index in [0.29, 0.717) is 18.7 Å². The van der Waals surface area contributed by atoms with Crippen LogP contribution in [0.4, 0.5) is 16.2 Å². The van der Waals surface area contributed by atoms with Crippen LogP contribution in [0, 0.1) is 10.1 Å². The Morgan fingerprint density at radius 2 is 2.04 bits per heavy atom. The van der Waals surface area contributed by atoms with Crippen molar-refractivity contribution in [2.45, 2.75) is 6.42 Å². The monoisotopic (exact) mass is 348 g/mol. The van der Waals surface area contributed by atoms with Crippen molar-refractivity contribution in [2.75, 3.05) is 18.4 Å². The van der Waals surface area contributed by atoms with Crippen LogP contribution in [0.2, 0.25) is 0 Å². The van der Waals surface area contributed by atoms with Gasteiger partial charge in [-0.1, -0.05) is 12.1 Å². The lowest BCUT2D eigenvalue weighted by Gasteiger charge is -2.08. The van der Waals surface area contributed by atoms with Crippen LogP contribution in [0.5, 0.6) is 0 Å². The number of urea groups is 1. The van der Waals surface area contributed by atoms with Crippen molar-refractivity contribution in [3.8, 4) is 0 Å². The van der Waals surface area contributed by atoms with Crippen molar-refractivity contribution in [2.24, 2.45) is 0 Å². The number of benzene rings is 1. The highest BCUT2D eigenvalue weighted by molar-refractivity contribution is 7.09. The quantitative estimate of drug-likeness (QED) is 0.524. The second kappa shape index (κ2) is 8.63. The Labute approximate surface area is 142 Å². The maximum absolute atomic E-state index is 11.7. The minimum absolute atomic E-state index is 0.0771. The number of nitro benzene ring substituents is 1. The summed E-state index contributed by atoms with van der Waals surface area (Å²) >= 11 is 1.60. The second-order valence-corrected chi connectivity index (χ2v) is 5.83. The van der Waals surface area contributed by atoms with Crippen molar-refractivity contribution in [1.82, 2.24) is 10.6 Å². The largest absolute Gasteiger partial charge is 0.376 e. The molecule has 0 unspecified atom stereocenters. The third-order valence-electron chi connectivity index (χ3n) is 3.00. The van der Waals surface area contributed by atoms with Gasteiger partial charge in [0.2, 0.25) is 5.91 Å². The van der Waals surface area contributed by atoms with E-state index in [9.17, 15) is 19.7 Å². The van der Waals surface area contributed by atoms with Gasteiger partial charge >= 0.3 is 6.03 Å². The fourth-order valence-corrected chi connectivity index (χ4v) is 2.59. The Kier molecular flexibility index (Phi) is 6.26. The van der Waals surface area contributed by atoms with E-state index in [-0.39, 0.29) is 12.2 Å². The smallest absolute Gasteiger partial charge is 0.321 e. The second-order valence-electron chi connectivity index (χ2n) is 4.79. The van der Waals surface area contributed by atoms with E-state index < -0.39 is 16.9 Å². The molecule has 2 aromatic rings. The number of non-ortho nitro benzene ring substituents is 1. The molecule has 0 spiro atoms. The van der Waals surface area contributed by atoms with Crippen molar-refractivity contribution in [3.63, 3.8) is 0 Å². The third kappa shape index (κ3) is 5.69. The Bertz CT molecular complexity index is 718. The van der Waals surface area contributed by atoms with Crippen molar-refractivity contribution < 1.29 is 14.5 Å². The summed E-state index contributed by atoms with van der Waals surface area (Å²) in [6.07, 6.45) is 0.700. The van der Waals surface area contributed by atoms with Gasteiger partial charge in [-0.25, -0.2) is 4.79 Å². The minimum Gasteiger partial charge on any atom is -0.376 e. The summed E-state index contributed by atoms with van der Waals surface area (Å²) in [7, 11) is 0. The zero-order chi connectivity index (χ0) is 17.4. The van der Waals surface area contributed by atoms with Crippen molar-refractivity contribution in [1.29, 1.82) is 0 Å². The third-order valence-corrected chi connectivity index (χ3v) is 3.94. The first-order chi connectivity index (χ1) is 11.5. The van der Waals surface area contributed by atoms with Gasteiger partial charge in [-0.2, -0.15) is 0 Å². The molecule has 1 aromatic carbocycles. The predicted octanol–water partition coefficient (Wildman–Crippen LogP) is 2.14. The van der Waals surface area contributed by atoms with Gasteiger partial charge in [-0.3, -0.25) is 20.2 Å². The first-order valence-electron chi connectivity index (χ1n) is 7.13. The van der Waals surface area contributed by atoms with Gasteiger partial charge in [0.15, 0.2) is 0 Å². The number of anilines is 1. The van der Waals surface area contributed by atoms with Gasteiger partial charge in [0.25, 0.3) is 5.69 Å². The molecule has 0 saturated heterocycles. The number of nitrogens with one attached hydrogen (secondary N) is 3. The summed E-state index contributed by atoms with van der Waals surface area (Å²) in [5.41, 5.74) is 0.351. The minimum atomic E-state index is -0.572. The van der Waals surface area contributed by atoms with E-state index in [4.69, 9.17) is 0 Å². The first-order valence-corrected chi connectivity index (χ1v) is 8.01. The molecule has 8 nitrogen and oxygen atoms in total. The molecule has 9 heteroatoms. The summed E-state index contributed by atoms with van der Waals surface area (Å²) in [6, 6.07) is 9.11.